The number of nitrogens with two attached hydrogens (primary N) is 1. The van der Waals surface area contributed by atoms with Gasteiger partial charge in [0.05, 0.1) is 0 Å². The Kier molecular flexibility index (Phi) is 4.42. The summed E-state index contributed by atoms with van der Waals surface area (Å²) in [5, 5.41) is 11.1. The Balaban J connectivity index is 2.43. The van der Waals surface area contributed by atoms with Gasteiger partial charge in [0.15, 0.2) is 0 Å². The largest absolute Gasteiger partial charge is 0.384 e. The van der Waals surface area contributed by atoms with E-state index in [2.05, 4.69) is 16.2 Å². The number of rotatable bonds is 4. The first-order valence-electron chi connectivity index (χ1n) is 4.93. The van der Waals surface area contributed by atoms with Crippen molar-refractivity contribution < 1.29 is 0 Å². The van der Waals surface area contributed by atoms with Gasteiger partial charge in [-0.1, -0.05) is 0 Å². The minimum absolute atomic E-state index is 0.306. The van der Waals surface area contributed by atoms with E-state index in [4.69, 9.17) is 11.1 Å². The second-order valence-electron chi connectivity index (χ2n) is 3.47. The molecule has 1 heterocycles. The van der Waals surface area contributed by atoms with Crippen LogP contribution in [-0.4, -0.2) is 25.8 Å². The Morgan fingerprint density at radius 3 is 3.00 bits per heavy atom. The highest BCUT2D eigenvalue weighted by Crippen LogP contribution is 2.11. The minimum atomic E-state index is 0.306. The fraction of sp³-hybridized carbons (Fsp3) is 0.667. The fourth-order valence-electron chi connectivity index (χ4n) is 1.58. The van der Waals surface area contributed by atoms with Crippen molar-refractivity contribution in [2.75, 3.05) is 20.1 Å². The van der Waals surface area contributed by atoms with Crippen molar-refractivity contribution in [1.29, 1.82) is 5.41 Å². The van der Waals surface area contributed by atoms with Gasteiger partial charge in [-0.15, -0.1) is 0 Å². The van der Waals surface area contributed by atoms with Crippen LogP contribution in [0, 0.1) is 11.3 Å². The Morgan fingerprint density at radius 1 is 1.64 bits per heavy atom. The van der Waals surface area contributed by atoms with Gasteiger partial charge in [0.2, 0.25) is 0 Å². The molecule has 0 saturated carbocycles. The average Bonchev–Trinajstić information content (AvgIpc) is 2.19. The van der Waals surface area contributed by atoms with E-state index in [-0.39, 0.29) is 0 Å². The van der Waals surface area contributed by atoms with Gasteiger partial charge in [0.25, 0.3) is 0 Å². The van der Waals surface area contributed by atoms with E-state index in [0.717, 1.165) is 25.9 Å². The second-order valence-corrected chi connectivity index (χ2v) is 3.47. The van der Waals surface area contributed by atoms with E-state index in [1.165, 1.54) is 0 Å². The summed E-state index contributed by atoms with van der Waals surface area (Å²) < 4.78 is 0. The highest BCUT2D eigenvalue weighted by molar-refractivity contribution is 5.94. The summed E-state index contributed by atoms with van der Waals surface area (Å²) in [6, 6.07) is 0. The maximum atomic E-state index is 7.83. The van der Waals surface area contributed by atoms with Crippen LogP contribution in [0.25, 0.3) is 0 Å². The number of allylic oxidation sites excluding steroid dienone is 1. The number of hydrogen-bond donors (Lipinski definition) is 5. The minimum Gasteiger partial charge on any atom is -0.384 e. The lowest BCUT2D eigenvalue weighted by atomic mass is 9.94. The molecule has 0 bridgehead atoms. The van der Waals surface area contributed by atoms with Crippen LogP contribution in [0.2, 0.25) is 0 Å². The molecule has 14 heavy (non-hydrogen) atoms. The quantitative estimate of drug-likeness (QED) is 0.311. The van der Waals surface area contributed by atoms with Crippen LogP contribution in [0.5, 0.6) is 0 Å². The smallest absolute Gasteiger partial charge is 0.112 e. The number of nitrogens with one attached hydrogen (secondary N) is 4. The zero-order valence-corrected chi connectivity index (χ0v) is 8.56. The normalized spacial score (nSPS) is 23.2. The summed E-state index contributed by atoms with van der Waals surface area (Å²) in [5.41, 5.74) is 11.7. The molecule has 0 aromatic rings. The maximum Gasteiger partial charge on any atom is 0.112 e. The number of hydrogen-bond acceptors (Lipinski definition) is 5. The SMILES string of the molecule is CNN/C(N)=C\C(=N)C1CCCNC1. The molecule has 1 fully saturated rings. The first-order valence-corrected chi connectivity index (χ1v) is 4.93. The molecule has 0 amide bonds. The molecular formula is C9H19N5. The van der Waals surface area contributed by atoms with Gasteiger partial charge in [0.1, 0.15) is 5.82 Å². The van der Waals surface area contributed by atoms with Crippen LogP contribution in [-0.2, 0) is 0 Å². The first kappa shape index (κ1) is 11.0. The van der Waals surface area contributed by atoms with E-state index in [1.54, 1.807) is 13.1 Å². The third-order valence-electron chi connectivity index (χ3n) is 2.32. The molecule has 1 aliphatic rings. The third kappa shape index (κ3) is 3.35. The van der Waals surface area contributed by atoms with Crippen molar-refractivity contribution in [3.63, 3.8) is 0 Å². The Hall–Kier alpha value is -1.07. The fourth-order valence-corrected chi connectivity index (χ4v) is 1.58. The van der Waals surface area contributed by atoms with E-state index >= 15 is 0 Å². The molecule has 5 heteroatoms. The monoisotopic (exact) mass is 197 g/mol. The summed E-state index contributed by atoms with van der Waals surface area (Å²) in [6.07, 6.45) is 3.89. The molecule has 0 aromatic carbocycles. The zero-order valence-electron chi connectivity index (χ0n) is 8.56. The van der Waals surface area contributed by atoms with Gasteiger partial charge in [-0.2, -0.15) is 0 Å². The molecule has 0 spiro atoms. The molecule has 1 atom stereocenters. The van der Waals surface area contributed by atoms with Crippen molar-refractivity contribution >= 4 is 5.71 Å². The molecular weight excluding hydrogens is 178 g/mol. The lowest BCUT2D eigenvalue weighted by Gasteiger charge is -2.22. The van der Waals surface area contributed by atoms with Gasteiger partial charge in [-0.05, 0) is 19.4 Å². The summed E-state index contributed by atoms with van der Waals surface area (Å²) in [4.78, 5) is 0. The first-order chi connectivity index (χ1) is 6.74. The van der Waals surface area contributed by atoms with E-state index in [9.17, 15) is 0 Å². The molecule has 1 saturated heterocycles. The molecule has 1 rings (SSSR count). The molecule has 0 aromatic heterocycles. The molecule has 5 nitrogen and oxygen atoms in total. The summed E-state index contributed by atoms with van der Waals surface area (Å²) in [6.45, 7) is 1.96. The predicted octanol–water partition coefficient (Wildman–Crippen LogP) is -0.470. The van der Waals surface area contributed by atoms with Crippen molar-refractivity contribution in [1.82, 2.24) is 16.2 Å². The van der Waals surface area contributed by atoms with Crippen molar-refractivity contribution in [3.05, 3.63) is 11.9 Å². The molecule has 1 aliphatic heterocycles. The lowest BCUT2D eigenvalue weighted by Crippen LogP contribution is -2.35. The van der Waals surface area contributed by atoms with Crippen LogP contribution >= 0.6 is 0 Å². The number of piperidine rings is 1. The molecule has 0 radical (unpaired) electrons. The number of hydrazine groups is 1. The van der Waals surface area contributed by atoms with Crippen molar-refractivity contribution in [3.8, 4) is 0 Å². The van der Waals surface area contributed by atoms with Crippen LogP contribution < -0.4 is 21.9 Å². The van der Waals surface area contributed by atoms with Gasteiger partial charge in [-0.25, -0.2) is 5.43 Å². The standard InChI is InChI=1S/C9H19N5/c1-12-14-9(11)5-8(10)7-3-2-4-13-6-7/h5,7,10,12-14H,2-4,6,11H2,1H3/b9-5-,10-8?. The zero-order chi connectivity index (χ0) is 10.4. The highest BCUT2D eigenvalue weighted by Gasteiger charge is 2.16. The highest BCUT2D eigenvalue weighted by atomic mass is 15.4. The molecule has 6 N–H and O–H groups in total. The summed E-state index contributed by atoms with van der Waals surface area (Å²) >= 11 is 0. The van der Waals surface area contributed by atoms with E-state index < -0.39 is 0 Å². The third-order valence-corrected chi connectivity index (χ3v) is 2.32. The van der Waals surface area contributed by atoms with Gasteiger partial charge >= 0.3 is 0 Å². The molecule has 1 unspecified atom stereocenters. The van der Waals surface area contributed by atoms with Crippen molar-refractivity contribution in [2.24, 2.45) is 11.7 Å². The summed E-state index contributed by atoms with van der Waals surface area (Å²) in [7, 11) is 1.74. The van der Waals surface area contributed by atoms with Crippen LogP contribution in [0.1, 0.15) is 12.8 Å². The van der Waals surface area contributed by atoms with Gasteiger partial charge in [-0.3, -0.25) is 0 Å². The second kappa shape index (κ2) is 5.62. The lowest BCUT2D eigenvalue weighted by molar-refractivity contribution is 0.457. The van der Waals surface area contributed by atoms with Crippen molar-refractivity contribution in [2.45, 2.75) is 12.8 Å². The summed E-state index contributed by atoms with van der Waals surface area (Å²) in [5.74, 6) is 0.795. The Bertz CT molecular complexity index is 217. The van der Waals surface area contributed by atoms with Gasteiger partial charge < -0.3 is 21.9 Å². The molecule has 80 valence electrons. The molecule has 0 aliphatic carbocycles. The maximum absolute atomic E-state index is 7.83. The van der Waals surface area contributed by atoms with Crippen LogP contribution in [0.4, 0.5) is 0 Å². The van der Waals surface area contributed by atoms with Gasteiger partial charge in [0, 0.05) is 31.3 Å². The van der Waals surface area contributed by atoms with E-state index in [1.807, 2.05) is 0 Å². The topological polar surface area (TPSA) is 86.0 Å². The van der Waals surface area contributed by atoms with Crippen LogP contribution in [0.3, 0.4) is 0 Å². The average molecular weight is 197 g/mol. The predicted molar refractivity (Wildman–Crippen MR) is 57.8 cm³/mol. The van der Waals surface area contributed by atoms with E-state index in [0.29, 0.717) is 17.5 Å². The van der Waals surface area contributed by atoms with Crippen LogP contribution in [0.15, 0.2) is 11.9 Å². The Labute approximate surface area is 84.6 Å². The Morgan fingerprint density at radius 2 is 2.43 bits per heavy atom.